The number of rotatable bonds is 3. The molecular formula is C12H22O2. The van der Waals surface area contributed by atoms with Crippen molar-refractivity contribution < 1.29 is 9.53 Å². The lowest BCUT2D eigenvalue weighted by molar-refractivity contribution is -0.151. The van der Waals surface area contributed by atoms with Gasteiger partial charge < -0.3 is 4.74 Å². The summed E-state index contributed by atoms with van der Waals surface area (Å²) in [5.41, 5.74) is 0. The van der Waals surface area contributed by atoms with Gasteiger partial charge in [-0.05, 0) is 31.6 Å². The van der Waals surface area contributed by atoms with Crippen LogP contribution in [0.25, 0.3) is 0 Å². The van der Waals surface area contributed by atoms with Crippen molar-refractivity contribution in [3.63, 3.8) is 0 Å². The van der Waals surface area contributed by atoms with E-state index in [9.17, 15) is 4.79 Å². The van der Waals surface area contributed by atoms with E-state index in [4.69, 9.17) is 4.74 Å². The SMILES string of the molecule is CCC(=O)OC(C)[C@H]1CC[C@@H](C)CC1. The quantitative estimate of drug-likeness (QED) is 0.651. The van der Waals surface area contributed by atoms with Crippen LogP contribution >= 0.6 is 0 Å². The lowest BCUT2D eigenvalue weighted by atomic mass is 9.80. The van der Waals surface area contributed by atoms with Gasteiger partial charge in [0.2, 0.25) is 0 Å². The van der Waals surface area contributed by atoms with Crippen LogP contribution in [-0.2, 0) is 9.53 Å². The lowest BCUT2D eigenvalue weighted by Crippen LogP contribution is -2.27. The molecule has 0 aromatic carbocycles. The summed E-state index contributed by atoms with van der Waals surface area (Å²) in [6.45, 7) is 6.19. The standard InChI is InChI=1S/C12H22O2/c1-4-12(13)14-10(3)11-7-5-9(2)6-8-11/h9-11H,4-8H2,1-3H3/t9-,10?,11+. The van der Waals surface area contributed by atoms with Crippen molar-refractivity contribution in [2.24, 2.45) is 11.8 Å². The second kappa shape index (κ2) is 5.38. The zero-order valence-electron chi connectivity index (χ0n) is 9.58. The van der Waals surface area contributed by atoms with Gasteiger partial charge in [-0.25, -0.2) is 0 Å². The molecule has 82 valence electrons. The molecule has 0 aromatic rings. The minimum Gasteiger partial charge on any atom is -0.462 e. The molecule has 0 bridgehead atoms. The molecule has 14 heavy (non-hydrogen) atoms. The molecule has 1 aliphatic carbocycles. The number of hydrogen-bond acceptors (Lipinski definition) is 2. The molecule has 2 heteroatoms. The smallest absolute Gasteiger partial charge is 0.305 e. The van der Waals surface area contributed by atoms with E-state index in [0.29, 0.717) is 12.3 Å². The maximum Gasteiger partial charge on any atom is 0.305 e. The molecule has 0 spiro atoms. The Bertz CT molecular complexity index is 181. The Hall–Kier alpha value is -0.530. The summed E-state index contributed by atoms with van der Waals surface area (Å²) < 4.78 is 5.34. The van der Waals surface area contributed by atoms with E-state index in [-0.39, 0.29) is 12.1 Å². The zero-order valence-corrected chi connectivity index (χ0v) is 9.58. The Balaban J connectivity index is 2.30. The molecule has 1 atom stereocenters. The van der Waals surface area contributed by atoms with E-state index in [0.717, 1.165) is 5.92 Å². The monoisotopic (exact) mass is 198 g/mol. The molecule has 0 heterocycles. The summed E-state index contributed by atoms with van der Waals surface area (Å²) in [5.74, 6) is 1.40. The molecule has 1 rings (SSSR count). The van der Waals surface area contributed by atoms with Gasteiger partial charge in [-0.15, -0.1) is 0 Å². The van der Waals surface area contributed by atoms with E-state index in [2.05, 4.69) is 6.92 Å². The molecule has 0 amide bonds. The van der Waals surface area contributed by atoms with Crippen LogP contribution < -0.4 is 0 Å². The van der Waals surface area contributed by atoms with Crippen LogP contribution in [-0.4, -0.2) is 12.1 Å². The van der Waals surface area contributed by atoms with Crippen LogP contribution in [0.3, 0.4) is 0 Å². The Morgan fingerprint density at radius 2 is 1.93 bits per heavy atom. The van der Waals surface area contributed by atoms with E-state index in [1.807, 2.05) is 13.8 Å². The predicted molar refractivity (Wildman–Crippen MR) is 57.0 cm³/mol. The van der Waals surface area contributed by atoms with Gasteiger partial charge in [0.25, 0.3) is 0 Å². The third-order valence-corrected chi connectivity index (χ3v) is 3.33. The molecule has 0 aromatic heterocycles. The Kier molecular flexibility index (Phi) is 4.43. The van der Waals surface area contributed by atoms with E-state index in [1.165, 1.54) is 25.7 Å². The average molecular weight is 198 g/mol. The zero-order chi connectivity index (χ0) is 10.6. The maximum absolute atomic E-state index is 11.1. The molecule has 0 N–H and O–H groups in total. The molecule has 1 aliphatic rings. The normalized spacial score (nSPS) is 29.6. The first-order valence-electron chi connectivity index (χ1n) is 5.83. The van der Waals surface area contributed by atoms with Crippen molar-refractivity contribution in [3.8, 4) is 0 Å². The van der Waals surface area contributed by atoms with Gasteiger partial charge in [0.15, 0.2) is 0 Å². The Labute approximate surface area is 87.0 Å². The van der Waals surface area contributed by atoms with Crippen LogP contribution in [0.1, 0.15) is 52.9 Å². The third-order valence-electron chi connectivity index (χ3n) is 3.33. The van der Waals surface area contributed by atoms with Gasteiger partial charge in [0, 0.05) is 6.42 Å². The second-order valence-corrected chi connectivity index (χ2v) is 4.57. The first-order valence-corrected chi connectivity index (χ1v) is 5.83. The van der Waals surface area contributed by atoms with Crippen LogP contribution in [0.15, 0.2) is 0 Å². The van der Waals surface area contributed by atoms with Gasteiger partial charge in [0.1, 0.15) is 6.10 Å². The van der Waals surface area contributed by atoms with Crippen molar-refractivity contribution in [2.75, 3.05) is 0 Å². The van der Waals surface area contributed by atoms with Crippen LogP contribution in [0.4, 0.5) is 0 Å². The summed E-state index contributed by atoms with van der Waals surface area (Å²) in [4.78, 5) is 11.1. The van der Waals surface area contributed by atoms with Crippen LogP contribution in [0.2, 0.25) is 0 Å². The van der Waals surface area contributed by atoms with Gasteiger partial charge in [-0.2, -0.15) is 0 Å². The summed E-state index contributed by atoms with van der Waals surface area (Å²) in [6.07, 6.45) is 5.64. The molecule has 1 fully saturated rings. The van der Waals surface area contributed by atoms with Crippen molar-refractivity contribution in [2.45, 2.75) is 59.0 Å². The van der Waals surface area contributed by atoms with Crippen LogP contribution in [0.5, 0.6) is 0 Å². The molecule has 1 saturated carbocycles. The van der Waals surface area contributed by atoms with E-state index in [1.54, 1.807) is 0 Å². The highest BCUT2D eigenvalue weighted by atomic mass is 16.5. The van der Waals surface area contributed by atoms with Crippen molar-refractivity contribution >= 4 is 5.97 Å². The van der Waals surface area contributed by atoms with Crippen LogP contribution in [0, 0.1) is 11.8 Å². The highest BCUT2D eigenvalue weighted by Gasteiger charge is 2.25. The number of hydrogen-bond donors (Lipinski definition) is 0. The number of carbonyl (C=O) groups is 1. The van der Waals surface area contributed by atoms with E-state index < -0.39 is 0 Å². The number of carbonyl (C=O) groups excluding carboxylic acids is 1. The number of esters is 1. The minimum atomic E-state index is -0.0591. The molecule has 0 aliphatic heterocycles. The fraction of sp³-hybridized carbons (Fsp3) is 0.917. The maximum atomic E-state index is 11.1. The highest BCUT2D eigenvalue weighted by molar-refractivity contribution is 5.69. The largest absolute Gasteiger partial charge is 0.462 e. The Morgan fingerprint density at radius 1 is 1.36 bits per heavy atom. The van der Waals surface area contributed by atoms with Crippen molar-refractivity contribution in [1.29, 1.82) is 0 Å². The Morgan fingerprint density at radius 3 is 2.43 bits per heavy atom. The fourth-order valence-electron chi connectivity index (χ4n) is 2.14. The molecule has 2 nitrogen and oxygen atoms in total. The fourth-order valence-corrected chi connectivity index (χ4v) is 2.14. The first-order chi connectivity index (χ1) is 6.63. The second-order valence-electron chi connectivity index (χ2n) is 4.57. The molecule has 1 unspecified atom stereocenters. The van der Waals surface area contributed by atoms with E-state index >= 15 is 0 Å². The van der Waals surface area contributed by atoms with Crippen molar-refractivity contribution in [1.82, 2.24) is 0 Å². The molecular weight excluding hydrogens is 176 g/mol. The average Bonchev–Trinajstić information content (AvgIpc) is 2.18. The lowest BCUT2D eigenvalue weighted by Gasteiger charge is -2.30. The summed E-state index contributed by atoms with van der Waals surface area (Å²) in [7, 11) is 0. The van der Waals surface area contributed by atoms with Gasteiger partial charge >= 0.3 is 5.97 Å². The topological polar surface area (TPSA) is 26.3 Å². The molecule has 0 radical (unpaired) electrons. The number of ether oxygens (including phenoxy) is 1. The predicted octanol–water partition coefficient (Wildman–Crippen LogP) is 3.15. The van der Waals surface area contributed by atoms with Gasteiger partial charge in [-0.3, -0.25) is 4.79 Å². The van der Waals surface area contributed by atoms with Crippen molar-refractivity contribution in [3.05, 3.63) is 0 Å². The van der Waals surface area contributed by atoms with Gasteiger partial charge in [0.05, 0.1) is 0 Å². The third kappa shape index (κ3) is 3.32. The molecule has 0 saturated heterocycles. The highest BCUT2D eigenvalue weighted by Crippen LogP contribution is 2.31. The summed E-state index contributed by atoms with van der Waals surface area (Å²) >= 11 is 0. The summed E-state index contributed by atoms with van der Waals surface area (Å²) in [5, 5.41) is 0. The first kappa shape index (κ1) is 11.5. The summed E-state index contributed by atoms with van der Waals surface area (Å²) in [6, 6.07) is 0. The minimum absolute atomic E-state index is 0.0591. The van der Waals surface area contributed by atoms with Gasteiger partial charge in [-0.1, -0.05) is 26.7 Å².